The van der Waals surface area contributed by atoms with Crippen LogP contribution in [-0.4, -0.2) is 27.7 Å². The average molecular weight is 429 g/mol. The van der Waals surface area contributed by atoms with Gasteiger partial charge in [-0.3, -0.25) is 0 Å². The predicted octanol–water partition coefficient (Wildman–Crippen LogP) is 5.18. The van der Waals surface area contributed by atoms with Gasteiger partial charge in [0.05, 0.1) is 0 Å². The minimum Gasteiger partial charge on any atom is -0.539 e. The van der Waals surface area contributed by atoms with Crippen molar-refractivity contribution >= 4 is 7.69 Å². The van der Waals surface area contributed by atoms with E-state index in [9.17, 15) is 0 Å². The van der Waals surface area contributed by atoms with Gasteiger partial charge in [-0.1, -0.05) is 97.1 Å². The van der Waals surface area contributed by atoms with Crippen molar-refractivity contribution in [3.05, 3.63) is 109 Å². The summed E-state index contributed by atoms with van der Waals surface area (Å²) in [5.74, 6) is 2.51. The molecule has 158 valence electrons. The van der Waals surface area contributed by atoms with Gasteiger partial charge in [0, 0.05) is 16.7 Å². The highest BCUT2D eigenvalue weighted by Gasteiger charge is 2.12. The van der Waals surface area contributed by atoms with E-state index >= 15 is 0 Å². The zero-order valence-electron chi connectivity index (χ0n) is 17.8. The van der Waals surface area contributed by atoms with E-state index in [-0.39, 0.29) is 7.69 Å². The largest absolute Gasteiger partial charge is 0.539 e. The second kappa shape index (κ2) is 9.46. The Morgan fingerprint density at radius 3 is 1.45 bits per heavy atom. The fourth-order valence-electron chi connectivity index (χ4n) is 3.59. The van der Waals surface area contributed by atoms with Gasteiger partial charge in [0.2, 0.25) is 0 Å². The molecule has 0 unspecified atom stereocenters. The number of hydrogen-bond acceptors (Lipinski definition) is 5. The molecule has 0 aliphatic heterocycles. The van der Waals surface area contributed by atoms with Crippen molar-refractivity contribution in [1.82, 2.24) is 15.0 Å². The molecule has 5 nitrogen and oxygen atoms in total. The van der Waals surface area contributed by atoms with Crippen LogP contribution in [0.25, 0.3) is 45.3 Å². The van der Waals surface area contributed by atoms with Crippen molar-refractivity contribution in [2.75, 3.05) is 0 Å². The summed E-state index contributed by atoms with van der Waals surface area (Å²) in [6, 6.07) is 35.5. The zero-order valence-corrected chi connectivity index (χ0v) is 17.8. The molecule has 0 aliphatic carbocycles. The molecule has 0 saturated heterocycles. The Bertz CT molecular complexity index is 1300. The van der Waals surface area contributed by atoms with E-state index in [0.717, 1.165) is 27.8 Å². The van der Waals surface area contributed by atoms with Crippen LogP contribution in [0, 0.1) is 0 Å². The molecule has 33 heavy (non-hydrogen) atoms. The number of benzene rings is 4. The van der Waals surface area contributed by atoms with Crippen LogP contribution >= 0.6 is 0 Å². The standard InChI is InChI=1S/C27H20BN3O2/c32-28-33-24-13-7-12-23(18-24)19-14-16-22(17-15-19)27-30-25(20-8-3-1-4-9-20)29-26(31-27)21-10-5-2-6-11-21/h1-18,28,32H. The van der Waals surface area contributed by atoms with Crippen molar-refractivity contribution in [3.63, 3.8) is 0 Å². The van der Waals surface area contributed by atoms with E-state index in [1.807, 2.05) is 109 Å². The molecule has 5 aromatic rings. The molecule has 0 amide bonds. The molecule has 4 aromatic carbocycles. The van der Waals surface area contributed by atoms with Crippen LogP contribution in [-0.2, 0) is 0 Å². The minimum absolute atomic E-state index is 0.352. The molecule has 0 fully saturated rings. The van der Waals surface area contributed by atoms with Crippen LogP contribution in [0.1, 0.15) is 0 Å². The molecular formula is C27H20BN3O2. The summed E-state index contributed by atoms with van der Waals surface area (Å²) in [5.41, 5.74) is 4.81. The van der Waals surface area contributed by atoms with Gasteiger partial charge in [0.25, 0.3) is 0 Å². The third kappa shape index (κ3) is 4.66. The van der Waals surface area contributed by atoms with Gasteiger partial charge in [0.15, 0.2) is 17.5 Å². The molecule has 0 saturated carbocycles. The third-order valence-electron chi connectivity index (χ3n) is 5.24. The molecule has 1 aromatic heterocycles. The first-order valence-electron chi connectivity index (χ1n) is 10.6. The van der Waals surface area contributed by atoms with E-state index in [4.69, 9.17) is 24.6 Å². The molecule has 0 aliphatic rings. The molecule has 1 N–H and O–H groups in total. The molecule has 6 heteroatoms. The summed E-state index contributed by atoms with van der Waals surface area (Å²) in [4.78, 5) is 14.3. The highest BCUT2D eigenvalue weighted by Crippen LogP contribution is 2.28. The number of nitrogens with zero attached hydrogens (tertiary/aromatic N) is 3. The Morgan fingerprint density at radius 1 is 0.485 bits per heavy atom. The maximum atomic E-state index is 9.01. The molecule has 0 bridgehead atoms. The SMILES string of the molecule is OBOc1cccc(-c2ccc(-c3nc(-c4ccccc4)nc(-c4ccccc4)n3)cc2)c1. The summed E-state index contributed by atoms with van der Waals surface area (Å²) in [6.45, 7) is 0. The van der Waals surface area contributed by atoms with E-state index in [0.29, 0.717) is 23.2 Å². The highest BCUT2D eigenvalue weighted by molar-refractivity contribution is 6.17. The minimum atomic E-state index is -0.352. The fraction of sp³-hybridized carbons (Fsp3) is 0. The lowest BCUT2D eigenvalue weighted by Crippen LogP contribution is -2.00. The summed E-state index contributed by atoms with van der Waals surface area (Å²) < 4.78 is 5.20. The molecule has 0 atom stereocenters. The van der Waals surface area contributed by atoms with Crippen molar-refractivity contribution in [1.29, 1.82) is 0 Å². The van der Waals surface area contributed by atoms with E-state index in [1.54, 1.807) is 0 Å². The maximum absolute atomic E-state index is 9.01. The Kier molecular flexibility index (Phi) is 5.91. The molecule has 0 spiro atoms. The number of aromatic nitrogens is 3. The Labute approximate surface area is 192 Å². The first-order valence-corrected chi connectivity index (χ1v) is 10.6. The van der Waals surface area contributed by atoms with Gasteiger partial charge in [0.1, 0.15) is 5.75 Å². The second-order valence-electron chi connectivity index (χ2n) is 7.42. The van der Waals surface area contributed by atoms with Crippen LogP contribution < -0.4 is 4.65 Å². The van der Waals surface area contributed by atoms with Crippen LogP contribution in [0.15, 0.2) is 109 Å². The quantitative estimate of drug-likeness (QED) is 0.377. The highest BCUT2D eigenvalue weighted by atomic mass is 16.5. The monoisotopic (exact) mass is 429 g/mol. The summed E-state index contributed by atoms with van der Waals surface area (Å²) in [6.07, 6.45) is 0. The van der Waals surface area contributed by atoms with E-state index < -0.39 is 0 Å². The van der Waals surface area contributed by atoms with Crippen LogP contribution in [0.4, 0.5) is 0 Å². The first-order chi connectivity index (χ1) is 16.3. The van der Waals surface area contributed by atoms with Crippen LogP contribution in [0.5, 0.6) is 5.75 Å². The van der Waals surface area contributed by atoms with E-state index in [1.165, 1.54) is 0 Å². The Morgan fingerprint density at radius 2 is 0.939 bits per heavy atom. The topological polar surface area (TPSA) is 68.1 Å². The molecular weight excluding hydrogens is 409 g/mol. The number of rotatable bonds is 6. The average Bonchev–Trinajstić information content (AvgIpc) is 2.90. The van der Waals surface area contributed by atoms with Crippen LogP contribution in [0.3, 0.4) is 0 Å². The van der Waals surface area contributed by atoms with Crippen LogP contribution in [0.2, 0.25) is 0 Å². The van der Waals surface area contributed by atoms with Crippen molar-refractivity contribution < 1.29 is 9.68 Å². The lowest BCUT2D eigenvalue weighted by Gasteiger charge is -2.09. The maximum Gasteiger partial charge on any atom is 0.504 e. The van der Waals surface area contributed by atoms with Gasteiger partial charge in [-0.15, -0.1) is 0 Å². The summed E-state index contributed by atoms with van der Waals surface area (Å²) >= 11 is 0. The lowest BCUT2D eigenvalue weighted by atomic mass is 10.0. The Hall–Kier alpha value is -4.29. The van der Waals surface area contributed by atoms with Gasteiger partial charge in [-0.25, -0.2) is 15.0 Å². The smallest absolute Gasteiger partial charge is 0.504 e. The molecule has 1 heterocycles. The fourth-order valence-corrected chi connectivity index (χ4v) is 3.59. The number of hydrogen-bond donors (Lipinski definition) is 1. The Balaban J connectivity index is 1.55. The zero-order chi connectivity index (χ0) is 22.5. The van der Waals surface area contributed by atoms with Gasteiger partial charge >= 0.3 is 7.69 Å². The van der Waals surface area contributed by atoms with Crippen molar-refractivity contribution in [3.8, 4) is 51.0 Å². The van der Waals surface area contributed by atoms with Crippen molar-refractivity contribution in [2.45, 2.75) is 0 Å². The van der Waals surface area contributed by atoms with Crippen molar-refractivity contribution in [2.24, 2.45) is 0 Å². The normalized spacial score (nSPS) is 10.6. The third-order valence-corrected chi connectivity index (χ3v) is 5.24. The summed E-state index contributed by atoms with van der Waals surface area (Å²) in [7, 11) is -0.352. The lowest BCUT2D eigenvalue weighted by molar-refractivity contribution is 0.454. The second-order valence-corrected chi connectivity index (χ2v) is 7.42. The summed E-state index contributed by atoms with van der Waals surface area (Å²) in [5, 5.41) is 9.01. The first kappa shape index (κ1) is 20.6. The molecule has 0 radical (unpaired) electrons. The van der Waals surface area contributed by atoms with E-state index in [2.05, 4.69) is 0 Å². The van der Waals surface area contributed by atoms with Gasteiger partial charge < -0.3 is 9.68 Å². The molecule has 5 rings (SSSR count). The van der Waals surface area contributed by atoms with Gasteiger partial charge in [-0.05, 0) is 23.3 Å². The van der Waals surface area contributed by atoms with Gasteiger partial charge in [-0.2, -0.15) is 0 Å². The predicted molar refractivity (Wildman–Crippen MR) is 132 cm³/mol.